The van der Waals surface area contributed by atoms with Gasteiger partial charge in [-0.15, -0.1) is 0 Å². The van der Waals surface area contributed by atoms with Crippen LogP contribution < -0.4 is 0 Å². The molecule has 1 aromatic carbocycles. The Morgan fingerprint density at radius 1 is 0.658 bits per heavy atom. The van der Waals surface area contributed by atoms with Gasteiger partial charge < -0.3 is 14.0 Å². The molecule has 1 aromatic rings. The van der Waals surface area contributed by atoms with Gasteiger partial charge in [0.15, 0.2) is 0 Å². The summed E-state index contributed by atoms with van der Waals surface area (Å²) in [5, 5.41) is 0. The first-order valence-electron chi connectivity index (χ1n) is 14.5. The molecule has 8 saturated carbocycles. The van der Waals surface area contributed by atoms with E-state index in [0.717, 1.165) is 63.5 Å². The number of benzene rings is 1. The van der Waals surface area contributed by atoms with Crippen LogP contribution in [0.2, 0.25) is 0 Å². The van der Waals surface area contributed by atoms with Crippen molar-refractivity contribution in [2.24, 2.45) is 47.3 Å². The van der Waals surface area contributed by atoms with Crippen molar-refractivity contribution in [3.05, 3.63) is 29.3 Å². The lowest BCUT2D eigenvalue weighted by atomic mass is 9.50. The van der Waals surface area contributed by atoms with E-state index < -0.39 is 38.2 Å². The van der Waals surface area contributed by atoms with Crippen LogP contribution in [0.1, 0.15) is 98.8 Å². The fraction of sp³-hybridized carbons (Fsp3) is 0.733. The van der Waals surface area contributed by atoms with E-state index >= 15 is 0 Å². The monoisotopic (exact) mass is 541 g/mol. The van der Waals surface area contributed by atoms with E-state index in [0.29, 0.717) is 23.7 Å². The van der Waals surface area contributed by atoms with Crippen molar-refractivity contribution in [2.75, 3.05) is 0 Å². The first kappa shape index (κ1) is 25.1. The van der Waals surface area contributed by atoms with Crippen LogP contribution >= 0.6 is 0 Å². The first-order chi connectivity index (χ1) is 17.9. The summed E-state index contributed by atoms with van der Waals surface area (Å²) in [7, 11) is -4.91. The zero-order chi connectivity index (χ0) is 26.6. The molecule has 206 valence electrons. The molecule has 8 aliphatic carbocycles. The van der Waals surface area contributed by atoms with Gasteiger partial charge in [0.25, 0.3) is 0 Å². The highest BCUT2D eigenvalue weighted by molar-refractivity contribution is 7.85. The molecule has 0 radical (unpaired) electrons. The normalized spacial score (nSPS) is 44.3. The van der Waals surface area contributed by atoms with Gasteiger partial charge in [0, 0.05) is 0 Å². The number of rotatable bonds is 5. The lowest BCUT2D eigenvalue weighted by Crippen LogP contribution is -2.58. The Balaban J connectivity index is 1.16. The number of hydrogen-bond donors (Lipinski definition) is 0. The third-order valence-corrected chi connectivity index (χ3v) is 12.6. The zero-order valence-corrected chi connectivity index (χ0v) is 23.0. The summed E-state index contributed by atoms with van der Waals surface area (Å²) in [6.45, 7) is 4.02. The summed E-state index contributed by atoms with van der Waals surface area (Å²) in [5.74, 6) is 2.59. The van der Waals surface area contributed by atoms with E-state index in [-0.39, 0.29) is 34.8 Å². The predicted octanol–water partition coefficient (Wildman–Crippen LogP) is 5.33. The molecule has 0 saturated heterocycles. The Labute approximate surface area is 224 Å². The summed E-state index contributed by atoms with van der Waals surface area (Å²) in [6, 6.07) is 3.44. The molecule has 0 N–H and O–H groups in total. The largest absolute Gasteiger partial charge is 0.744 e. The van der Waals surface area contributed by atoms with E-state index in [1.54, 1.807) is 0 Å². The molecule has 8 heteroatoms. The Morgan fingerprint density at radius 2 is 0.974 bits per heavy atom. The summed E-state index contributed by atoms with van der Waals surface area (Å²) in [4.78, 5) is 26.3. The number of carbonyl (C=O) groups excluding carboxylic acids is 2. The molecular formula is C30H37O7S-. The Hall–Kier alpha value is -1.93. The minimum Gasteiger partial charge on any atom is -0.744 e. The van der Waals surface area contributed by atoms with Crippen LogP contribution in [-0.2, 0) is 19.6 Å². The van der Waals surface area contributed by atoms with Crippen LogP contribution in [0.5, 0.6) is 0 Å². The van der Waals surface area contributed by atoms with Crippen LogP contribution in [0.3, 0.4) is 0 Å². The van der Waals surface area contributed by atoms with E-state index in [2.05, 4.69) is 0 Å². The van der Waals surface area contributed by atoms with E-state index in [1.807, 2.05) is 13.8 Å². The van der Waals surface area contributed by atoms with Gasteiger partial charge in [0.05, 0.1) is 16.0 Å². The average Bonchev–Trinajstić information content (AvgIpc) is 2.84. The molecule has 0 atom stereocenters. The van der Waals surface area contributed by atoms with Gasteiger partial charge in [-0.2, -0.15) is 0 Å². The lowest BCUT2D eigenvalue weighted by Gasteiger charge is -2.59. The highest BCUT2D eigenvalue weighted by Crippen LogP contribution is 2.60. The number of esters is 2. The van der Waals surface area contributed by atoms with Crippen molar-refractivity contribution in [2.45, 2.75) is 94.2 Å². The second kappa shape index (κ2) is 8.29. The van der Waals surface area contributed by atoms with Gasteiger partial charge in [0.2, 0.25) is 0 Å². The molecule has 8 fully saturated rings. The third kappa shape index (κ3) is 3.87. The van der Waals surface area contributed by atoms with Gasteiger partial charge >= 0.3 is 11.9 Å². The molecule has 0 spiro atoms. The van der Waals surface area contributed by atoms with Crippen molar-refractivity contribution in [3.63, 3.8) is 0 Å². The summed E-state index contributed by atoms with van der Waals surface area (Å²) in [6.07, 6.45) is 10.9. The third-order valence-electron chi connectivity index (χ3n) is 11.8. The summed E-state index contributed by atoms with van der Waals surface area (Å²) < 4.78 is 48.4. The lowest BCUT2D eigenvalue weighted by molar-refractivity contribution is -0.165. The number of carbonyl (C=O) groups is 2. The predicted molar refractivity (Wildman–Crippen MR) is 136 cm³/mol. The smallest absolute Gasteiger partial charge is 0.338 e. The maximum Gasteiger partial charge on any atom is 0.338 e. The minimum atomic E-state index is -4.91. The molecule has 0 unspecified atom stereocenters. The van der Waals surface area contributed by atoms with Gasteiger partial charge in [-0.1, -0.05) is 0 Å². The molecule has 0 aromatic heterocycles. The number of ether oxygens (including phenoxy) is 2. The van der Waals surface area contributed by atoms with Crippen molar-refractivity contribution in [3.8, 4) is 0 Å². The average molecular weight is 542 g/mol. The standard InChI is InChI=1S/C30H38O7S/c1-29(22-5-16-3-17(7-22)8-23(29)6-16)36-27(31)20-13-21(15-26(14-20)38(33,34)35)28(32)37-30(2)24-9-18-4-19(11-24)12-25(30)10-18/h13-19,22-25H,3-12H2,1-2H3,(H,33,34,35)/p-1. The Kier molecular flexibility index (Phi) is 5.47. The summed E-state index contributed by atoms with van der Waals surface area (Å²) >= 11 is 0. The van der Waals surface area contributed by atoms with Crippen molar-refractivity contribution in [1.29, 1.82) is 0 Å². The second-order valence-corrected chi connectivity index (χ2v) is 15.3. The van der Waals surface area contributed by atoms with Crippen LogP contribution in [0, 0.1) is 47.3 Å². The highest BCUT2D eigenvalue weighted by atomic mass is 32.2. The van der Waals surface area contributed by atoms with E-state index in [1.165, 1.54) is 18.9 Å². The molecule has 8 bridgehead atoms. The van der Waals surface area contributed by atoms with Crippen LogP contribution in [-0.4, -0.2) is 36.1 Å². The second-order valence-electron chi connectivity index (χ2n) is 14.0. The topological polar surface area (TPSA) is 110 Å². The maximum absolute atomic E-state index is 13.5. The Morgan fingerprint density at radius 3 is 1.26 bits per heavy atom. The molecule has 0 aliphatic heterocycles. The maximum atomic E-state index is 13.5. The molecule has 0 heterocycles. The quantitative estimate of drug-likeness (QED) is 0.366. The van der Waals surface area contributed by atoms with Gasteiger partial charge in [0.1, 0.15) is 21.3 Å². The molecule has 0 amide bonds. The van der Waals surface area contributed by atoms with E-state index in [4.69, 9.17) is 9.47 Å². The van der Waals surface area contributed by atoms with E-state index in [9.17, 15) is 22.6 Å². The minimum absolute atomic E-state index is 0.0841. The zero-order valence-electron chi connectivity index (χ0n) is 22.2. The van der Waals surface area contributed by atoms with Crippen LogP contribution in [0.25, 0.3) is 0 Å². The first-order valence-corrected chi connectivity index (χ1v) is 15.9. The van der Waals surface area contributed by atoms with Gasteiger partial charge in [-0.3, -0.25) is 0 Å². The molecule has 7 nitrogen and oxygen atoms in total. The van der Waals surface area contributed by atoms with Crippen LogP contribution in [0.15, 0.2) is 23.1 Å². The van der Waals surface area contributed by atoms with Crippen LogP contribution in [0.4, 0.5) is 0 Å². The molecule has 8 aliphatic rings. The van der Waals surface area contributed by atoms with Crippen molar-refractivity contribution >= 4 is 22.1 Å². The molecule has 9 rings (SSSR count). The SMILES string of the molecule is CC1(OC(=O)c2cc(C(=O)OC3(C)C4CC5CC(C4)CC3C5)cc(S(=O)(=O)[O-])c2)C2CC3CC(C2)CC1C3. The summed E-state index contributed by atoms with van der Waals surface area (Å²) in [5.41, 5.74) is -1.41. The Bertz CT molecular complexity index is 1160. The fourth-order valence-corrected chi connectivity index (χ4v) is 10.6. The van der Waals surface area contributed by atoms with Gasteiger partial charge in [-0.25, -0.2) is 18.0 Å². The fourth-order valence-electron chi connectivity index (χ4n) is 10.1. The van der Waals surface area contributed by atoms with Gasteiger partial charge in [-0.05, 0) is 144 Å². The van der Waals surface area contributed by atoms with Crippen molar-refractivity contribution < 1.29 is 32.0 Å². The number of hydrogen-bond acceptors (Lipinski definition) is 7. The highest BCUT2D eigenvalue weighted by Gasteiger charge is 2.58. The molecular weight excluding hydrogens is 504 g/mol. The molecule has 38 heavy (non-hydrogen) atoms. The van der Waals surface area contributed by atoms with Crippen molar-refractivity contribution in [1.82, 2.24) is 0 Å².